The highest BCUT2D eigenvalue weighted by Gasteiger charge is 2.35. The van der Waals surface area contributed by atoms with Gasteiger partial charge in [0.25, 0.3) is 0 Å². The first-order chi connectivity index (χ1) is 8.70. The largest absolute Gasteiger partial charge is 0.394 e. The quantitative estimate of drug-likeness (QED) is 0.673. The Labute approximate surface area is 103 Å². The molecule has 2 aromatic rings. The number of aromatic nitrogens is 3. The van der Waals surface area contributed by atoms with E-state index in [2.05, 4.69) is 9.97 Å². The van der Waals surface area contributed by atoms with Crippen LogP contribution >= 0.6 is 0 Å². The summed E-state index contributed by atoms with van der Waals surface area (Å²) in [5.41, 5.74) is 6.36. The fourth-order valence-electron chi connectivity index (χ4n) is 2.29. The lowest BCUT2D eigenvalue weighted by molar-refractivity contribution is -0.0484. The number of anilines is 1. The van der Waals surface area contributed by atoms with Gasteiger partial charge in [0.1, 0.15) is 23.9 Å². The van der Waals surface area contributed by atoms with E-state index in [0.717, 1.165) is 5.39 Å². The van der Waals surface area contributed by atoms with Crippen LogP contribution in [0.4, 0.5) is 5.82 Å². The third kappa shape index (κ3) is 1.64. The minimum Gasteiger partial charge on any atom is -0.394 e. The number of fused-ring (bicyclic) bond motifs is 1. The lowest BCUT2D eigenvalue weighted by Crippen LogP contribution is -2.19. The van der Waals surface area contributed by atoms with Gasteiger partial charge in [-0.15, -0.1) is 0 Å². The molecule has 0 aromatic carbocycles. The molecule has 4 N–H and O–H groups in total. The van der Waals surface area contributed by atoms with Crippen LogP contribution < -0.4 is 5.73 Å². The predicted octanol–water partition coefficient (Wildman–Crippen LogP) is -0.346. The molecule has 0 bridgehead atoms. The van der Waals surface area contributed by atoms with Gasteiger partial charge in [0.2, 0.25) is 0 Å². The first-order valence-corrected chi connectivity index (χ1v) is 5.72. The van der Waals surface area contributed by atoms with Crippen LogP contribution in [-0.4, -0.2) is 43.6 Å². The summed E-state index contributed by atoms with van der Waals surface area (Å²) in [5.74, 6) is 0.393. The topological polar surface area (TPSA) is 106 Å². The highest BCUT2D eigenvalue weighted by molar-refractivity contribution is 5.86. The maximum Gasteiger partial charge on any atom is 0.161 e. The first-order valence-electron chi connectivity index (χ1n) is 5.72. The molecule has 1 saturated heterocycles. The summed E-state index contributed by atoms with van der Waals surface area (Å²) < 4.78 is 7.29. The SMILES string of the molecule is Nc1ncnc2c1ccn2C1O[C@H](CO)CC1O. The van der Waals surface area contributed by atoms with Crippen molar-refractivity contribution < 1.29 is 14.9 Å². The van der Waals surface area contributed by atoms with Crippen LogP contribution in [0.15, 0.2) is 18.6 Å². The average Bonchev–Trinajstić information content (AvgIpc) is 2.93. The normalized spacial score (nSPS) is 28.0. The van der Waals surface area contributed by atoms with Crippen molar-refractivity contribution in [3.8, 4) is 0 Å². The standard InChI is InChI=1S/C11H14N4O3/c12-9-7-1-2-15(10(7)14-5-13-9)11-8(17)3-6(4-16)18-11/h1-2,5-6,8,11,16-17H,3-4H2,(H2,12,13,14)/t6-,8?,11?/m0/s1. The monoisotopic (exact) mass is 250 g/mol. The van der Waals surface area contributed by atoms with Crippen molar-refractivity contribution in [2.45, 2.75) is 24.9 Å². The van der Waals surface area contributed by atoms with E-state index in [1.165, 1.54) is 6.33 Å². The molecule has 3 heterocycles. The molecule has 3 rings (SSSR count). The van der Waals surface area contributed by atoms with Gasteiger partial charge >= 0.3 is 0 Å². The van der Waals surface area contributed by atoms with Crippen molar-refractivity contribution in [1.82, 2.24) is 14.5 Å². The van der Waals surface area contributed by atoms with Gasteiger partial charge in [-0.05, 0) is 6.07 Å². The van der Waals surface area contributed by atoms with Crippen molar-refractivity contribution >= 4 is 16.9 Å². The molecule has 3 atom stereocenters. The summed E-state index contributed by atoms with van der Waals surface area (Å²) in [5, 5.41) is 19.7. The molecule has 7 nitrogen and oxygen atoms in total. The summed E-state index contributed by atoms with van der Waals surface area (Å²) in [6.07, 6.45) is 1.97. The number of aliphatic hydroxyl groups excluding tert-OH is 2. The van der Waals surface area contributed by atoms with Crippen LogP contribution in [0.2, 0.25) is 0 Å². The van der Waals surface area contributed by atoms with Crippen LogP contribution in [0.25, 0.3) is 11.0 Å². The highest BCUT2D eigenvalue weighted by atomic mass is 16.5. The minimum absolute atomic E-state index is 0.107. The number of hydrogen-bond acceptors (Lipinski definition) is 6. The number of nitrogens with two attached hydrogens (primary N) is 1. The molecule has 1 aliphatic heterocycles. The predicted molar refractivity (Wildman–Crippen MR) is 63.6 cm³/mol. The van der Waals surface area contributed by atoms with Gasteiger partial charge < -0.3 is 25.3 Å². The van der Waals surface area contributed by atoms with Crippen molar-refractivity contribution in [3.63, 3.8) is 0 Å². The Morgan fingerprint density at radius 2 is 2.33 bits per heavy atom. The number of rotatable bonds is 2. The van der Waals surface area contributed by atoms with Crippen LogP contribution in [0, 0.1) is 0 Å². The molecular formula is C11H14N4O3. The average molecular weight is 250 g/mol. The van der Waals surface area contributed by atoms with Gasteiger partial charge in [0.15, 0.2) is 6.23 Å². The van der Waals surface area contributed by atoms with Gasteiger partial charge in [-0.2, -0.15) is 0 Å². The number of nitrogen functional groups attached to an aromatic ring is 1. The summed E-state index contributed by atoms with van der Waals surface area (Å²) in [7, 11) is 0. The molecule has 1 aliphatic rings. The van der Waals surface area contributed by atoms with E-state index in [1.54, 1.807) is 16.8 Å². The number of hydrogen-bond donors (Lipinski definition) is 3. The van der Waals surface area contributed by atoms with Crippen molar-refractivity contribution in [3.05, 3.63) is 18.6 Å². The molecule has 0 amide bonds. The molecule has 2 unspecified atom stereocenters. The smallest absolute Gasteiger partial charge is 0.161 e. The second-order valence-electron chi connectivity index (χ2n) is 4.35. The third-order valence-electron chi connectivity index (χ3n) is 3.18. The lowest BCUT2D eigenvalue weighted by Gasteiger charge is -2.17. The Morgan fingerprint density at radius 1 is 1.50 bits per heavy atom. The van der Waals surface area contributed by atoms with E-state index in [9.17, 15) is 5.11 Å². The van der Waals surface area contributed by atoms with Gasteiger partial charge in [0.05, 0.1) is 18.1 Å². The van der Waals surface area contributed by atoms with E-state index in [1.807, 2.05) is 0 Å². The molecule has 0 aliphatic carbocycles. The van der Waals surface area contributed by atoms with Crippen LogP contribution in [0.1, 0.15) is 12.6 Å². The van der Waals surface area contributed by atoms with Crippen molar-refractivity contribution in [2.24, 2.45) is 0 Å². The maximum absolute atomic E-state index is 9.96. The molecule has 96 valence electrons. The molecule has 2 aromatic heterocycles. The van der Waals surface area contributed by atoms with Crippen LogP contribution in [0.5, 0.6) is 0 Å². The summed E-state index contributed by atoms with van der Waals surface area (Å²) in [4.78, 5) is 8.06. The van der Waals surface area contributed by atoms with Gasteiger partial charge in [0, 0.05) is 12.6 Å². The van der Waals surface area contributed by atoms with Gasteiger partial charge in [-0.25, -0.2) is 9.97 Å². The van der Waals surface area contributed by atoms with E-state index < -0.39 is 12.3 Å². The Bertz CT molecular complexity index is 570. The summed E-state index contributed by atoms with van der Waals surface area (Å²) in [6.45, 7) is -0.107. The van der Waals surface area contributed by atoms with Crippen molar-refractivity contribution in [2.75, 3.05) is 12.3 Å². The minimum atomic E-state index is -0.672. The number of ether oxygens (including phenoxy) is 1. The summed E-state index contributed by atoms with van der Waals surface area (Å²) in [6, 6.07) is 1.78. The number of nitrogens with zero attached hydrogens (tertiary/aromatic N) is 3. The molecule has 0 radical (unpaired) electrons. The highest BCUT2D eigenvalue weighted by Crippen LogP contribution is 2.31. The fourth-order valence-corrected chi connectivity index (χ4v) is 2.29. The second kappa shape index (κ2) is 4.20. The van der Waals surface area contributed by atoms with Crippen LogP contribution in [-0.2, 0) is 4.74 Å². The molecule has 0 spiro atoms. The Morgan fingerprint density at radius 3 is 3.06 bits per heavy atom. The van der Waals surface area contributed by atoms with Gasteiger partial charge in [-0.1, -0.05) is 0 Å². The summed E-state index contributed by atoms with van der Waals surface area (Å²) >= 11 is 0. The van der Waals surface area contributed by atoms with E-state index in [0.29, 0.717) is 17.9 Å². The maximum atomic E-state index is 9.96. The van der Waals surface area contributed by atoms with Crippen molar-refractivity contribution in [1.29, 1.82) is 0 Å². The van der Waals surface area contributed by atoms with E-state index >= 15 is 0 Å². The zero-order valence-corrected chi connectivity index (χ0v) is 9.60. The van der Waals surface area contributed by atoms with E-state index in [4.69, 9.17) is 15.6 Å². The molecular weight excluding hydrogens is 236 g/mol. The first kappa shape index (κ1) is 11.4. The third-order valence-corrected chi connectivity index (χ3v) is 3.18. The zero-order chi connectivity index (χ0) is 12.7. The zero-order valence-electron chi connectivity index (χ0n) is 9.60. The van der Waals surface area contributed by atoms with Gasteiger partial charge in [-0.3, -0.25) is 0 Å². The molecule has 18 heavy (non-hydrogen) atoms. The van der Waals surface area contributed by atoms with Crippen LogP contribution in [0.3, 0.4) is 0 Å². The molecule has 7 heteroatoms. The lowest BCUT2D eigenvalue weighted by atomic mass is 10.2. The Balaban J connectivity index is 2.02. The Kier molecular flexibility index (Phi) is 2.66. The second-order valence-corrected chi connectivity index (χ2v) is 4.35. The molecule has 1 fully saturated rings. The fraction of sp³-hybridized carbons (Fsp3) is 0.455. The molecule has 0 saturated carbocycles. The van der Waals surface area contributed by atoms with E-state index in [-0.39, 0.29) is 12.7 Å². The number of aliphatic hydroxyl groups is 2. The Hall–Kier alpha value is -1.70.